The summed E-state index contributed by atoms with van der Waals surface area (Å²) >= 11 is 0. The summed E-state index contributed by atoms with van der Waals surface area (Å²) in [4.78, 5) is 11.7. The Bertz CT molecular complexity index is 842. The molecule has 0 saturated heterocycles. The van der Waals surface area contributed by atoms with Crippen LogP contribution >= 0.6 is 0 Å². The molecule has 0 saturated carbocycles. The van der Waals surface area contributed by atoms with Gasteiger partial charge in [0.05, 0.1) is 11.7 Å². The third-order valence-corrected chi connectivity index (χ3v) is 3.07. The van der Waals surface area contributed by atoms with Crippen molar-refractivity contribution < 1.29 is 27.1 Å². The number of rotatable bonds is 4. The van der Waals surface area contributed by atoms with E-state index in [2.05, 4.69) is 0 Å². The van der Waals surface area contributed by atoms with Crippen molar-refractivity contribution in [3.05, 3.63) is 53.3 Å². The van der Waals surface area contributed by atoms with Crippen molar-refractivity contribution in [2.75, 3.05) is 0 Å². The summed E-state index contributed by atoms with van der Waals surface area (Å²) < 4.78 is 48.7. The normalized spacial score (nSPS) is 12.1. The summed E-state index contributed by atoms with van der Waals surface area (Å²) in [5.41, 5.74) is -0.826. The van der Waals surface area contributed by atoms with E-state index in [0.717, 1.165) is 12.1 Å². The number of hydrogen-bond donors (Lipinski definition) is 0. The van der Waals surface area contributed by atoms with E-state index in [-0.39, 0.29) is 28.8 Å². The monoisotopic (exact) mass is 349 g/mol. The lowest BCUT2D eigenvalue weighted by atomic mass is 10.1. The number of esters is 1. The fourth-order valence-electron chi connectivity index (χ4n) is 1.99. The van der Waals surface area contributed by atoms with E-state index in [9.17, 15) is 18.0 Å². The highest BCUT2D eigenvalue weighted by molar-refractivity contribution is 5.97. The molecular weight excluding hydrogens is 335 g/mol. The van der Waals surface area contributed by atoms with Crippen molar-refractivity contribution in [2.24, 2.45) is 0 Å². The third-order valence-electron chi connectivity index (χ3n) is 3.07. The fourth-order valence-corrected chi connectivity index (χ4v) is 1.99. The third kappa shape index (κ3) is 4.73. The lowest BCUT2D eigenvalue weighted by Gasteiger charge is -2.07. The number of hydrogen-bond acceptors (Lipinski definition) is 4. The molecule has 0 aliphatic heterocycles. The van der Waals surface area contributed by atoms with Crippen LogP contribution in [0.25, 0.3) is 17.4 Å². The average molecular weight is 349 g/mol. The molecule has 2 aromatic rings. The van der Waals surface area contributed by atoms with Gasteiger partial charge in [-0.05, 0) is 38.1 Å². The average Bonchev–Trinajstić information content (AvgIpc) is 3.00. The topological polar surface area (TPSA) is 63.2 Å². The van der Waals surface area contributed by atoms with Crippen molar-refractivity contribution in [3.63, 3.8) is 0 Å². The zero-order chi connectivity index (χ0) is 18.6. The zero-order valence-electron chi connectivity index (χ0n) is 13.4. The predicted molar refractivity (Wildman–Crippen MR) is 84.0 cm³/mol. The second-order valence-electron chi connectivity index (χ2n) is 5.40. The maximum absolute atomic E-state index is 12.8. The van der Waals surface area contributed by atoms with Crippen molar-refractivity contribution >= 4 is 12.0 Å². The second kappa shape index (κ2) is 7.26. The largest absolute Gasteiger partial charge is 0.459 e. The van der Waals surface area contributed by atoms with Gasteiger partial charge >= 0.3 is 12.1 Å². The first-order valence-electron chi connectivity index (χ1n) is 7.31. The van der Waals surface area contributed by atoms with E-state index in [4.69, 9.17) is 14.4 Å². The van der Waals surface area contributed by atoms with E-state index in [0.29, 0.717) is 0 Å². The lowest BCUT2D eigenvalue weighted by Crippen LogP contribution is -2.12. The summed E-state index contributed by atoms with van der Waals surface area (Å²) in [7, 11) is 0. The summed E-state index contributed by atoms with van der Waals surface area (Å²) in [6.07, 6.45) is -3.66. The maximum atomic E-state index is 12.8. The molecule has 0 unspecified atom stereocenters. The van der Waals surface area contributed by atoms with Crippen LogP contribution in [0.5, 0.6) is 0 Å². The van der Waals surface area contributed by atoms with Crippen LogP contribution in [-0.4, -0.2) is 12.1 Å². The SMILES string of the molecule is CC(C)OC(=O)/C(C#N)=C/c1ccc(-c2cccc(C(F)(F)F)c2)o1. The van der Waals surface area contributed by atoms with Gasteiger partial charge < -0.3 is 9.15 Å². The number of ether oxygens (including phenoxy) is 1. The first kappa shape index (κ1) is 18.3. The molecule has 0 bridgehead atoms. The quantitative estimate of drug-likeness (QED) is 0.451. The molecule has 0 fully saturated rings. The summed E-state index contributed by atoms with van der Waals surface area (Å²) in [5, 5.41) is 9.03. The number of furan rings is 1. The number of nitrogens with zero attached hydrogens (tertiary/aromatic N) is 1. The Balaban J connectivity index is 2.30. The van der Waals surface area contributed by atoms with Crippen LogP contribution in [0.15, 0.2) is 46.4 Å². The van der Waals surface area contributed by atoms with Gasteiger partial charge in [-0.15, -0.1) is 0 Å². The molecule has 0 aliphatic rings. The van der Waals surface area contributed by atoms with Crippen molar-refractivity contribution in [1.29, 1.82) is 5.26 Å². The van der Waals surface area contributed by atoms with Crippen molar-refractivity contribution in [3.8, 4) is 17.4 Å². The van der Waals surface area contributed by atoms with Crippen molar-refractivity contribution in [2.45, 2.75) is 26.1 Å². The van der Waals surface area contributed by atoms with E-state index < -0.39 is 17.7 Å². The molecule has 1 aromatic carbocycles. The molecule has 25 heavy (non-hydrogen) atoms. The number of carbonyl (C=O) groups excluding carboxylic acids is 1. The maximum Gasteiger partial charge on any atom is 0.416 e. The number of benzene rings is 1. The van der Waals surface area contributed by atoms with Gasteiger partial charge in [-0.1, -0.05) is 12.1 Å². The number of nitriles is 1. The van der Waals surface area contributed by atoms with Crippen LogP contribution < -0.4 is 0 Å². The molecule has 1 aromatic heterocycles. The van der Waals surface area contributed by atoms with Crippen LogP contribution in [0, 0.1) is 11.3 Å². The Morgan fingerprint density at radius 3 is 2.60 bits per heavy atom. The van der Waals surface area contributed by atoms with E-state index in [1.54, 1.807) is 19.9 Å². The van der Waals surface area contributed by atoms with Gasteiger partial charge in [-0.2, -0.15) is 18.4 Å². The smallest absolute Gasteiger partial charge is 0.416 e. The zero-order valence-corrected chi connectivity index (χ0v) is 13.4. The summed E-state index contributed by atoms with van der Waals surface area (Å²) in [6, 6.07) is 9.30. The van der Waals surface area contributed by atoms with Gasteiger partial charge in [-0.3, -0.25) is 0 Å². The molecule has 0 atom stereocenters. The van der Waals surface area contributed by atoms with Crippen LogP contribution in [0.3, 0.4) is 0 Å². The molecule has 0 N–H and O–H groups in total. The van der Waals surface area contributed by atoms with E-state index in [1.807, 2.05) is 0 Å². The lowest BCUT2D eigenvalue weighted by molar-refractivity contribution is -0.142. The molecule has 130 valence electrons. The second-order valence-corrected chi connectivity index (χ2v) is 5.40. The Labute approximate surface area is 142 Å². The first-order chi connectivity index (χ1) is 11.7. The summed E-state index contributed by atoms with van der Waals surface area (Å²) in [5.74, 6) is -0.453. The Hall–Kier alpha value is -3.01. The van der Waals surface area contributed by atoms with Crippen molar-refractivity contribution in [1.82, 2.24) is 0 Å². The molecule has 0 radical (unpaired) electrons. The van der Waals surface area contributed by atoms with Crippen LogP contribution in [0.1, 0.15) is 25.2 Å². The van der Waals surface area contributed by atoms with Gasteiger partial charge in [0.1, 0.15) is 23.2 Å². The molecular formula is C18H14F3NO3. The van der Waals surface area contributed by atoms with E-state index >= 15 is 0 Å². The Morgan fingerprint density at radius 2 is 2.00 bits per heavy atom. The highest BCUT2D eigenvalue weighted by Gasteiger charge is 2.30. The van der Waals surface area contributed by atoms with Crippen LogP contribution in [-0.2, 0) is 15.7 Å². The molecule has 2 rings (SSSR count). The van der Waals surface area contributed by atoms with Crippen LogP contribution in [0.4, 0.5) is 13.2 Å². The molecule has 4 nitrogen and oxygen atoms in total. The Morgan fingerprint density at radius 1 is 1.28 bits per heavy atom. The van der Waals surface area contributed by atoms with Gasteiger partial charge in [0, 0.05) is 11.6 Å². The van der Waals surface area contributed by atoms with Gasteiger partial charge in [-0.25, -0.2) is 4.79 Å². The van der Waals surface area contributed by atoms with Crippen LogP contribution in [0.2, 0.25) is 0 Å². The Kier molecular flexibility index (Phi) is 5.32. The van der Waals surface area contributed by atoms with E-state index in [1.165, 1.54) is 30.3 Å². The molecule has 0 amide bonds. The standard InChI is InChI=1S/C18H14F3NO3/c1-11(2)24-17(23)13(10-22)9-15-6-7-16(25-15)12-4-3-5-14(8-12)18(19,20)21/h3-9,11H,1-2H3/b13-9+. The molecule has 1 heterocycles. The highest BCUT2D eigenvalue weighted by atomic mass is 19.4. The fraction of sp³-hybridized carbons (Fsp3) is 0.222. The minimum Gasteiger partial charge on any atom is -0.459 e. The van der Waals surface area contributed by atoms with Gasteiger partial charge in [0.25, 0.3) is 0 Å². The van der Waals surface area contributed by atoms with Gasteiger partial charge in [0.15, 0.2) is 0 Å². The predicted octanol–water partition coefficient (Wildman–Crippen LogP) is 4.82. The first-order valence-corrected chi connectivity index (χ1v) is 7.31. The summed E-state index contributed by atoms with van der Waals surface area (Å²) in [6.45, 7) is 3.29. The number of halogens is 3. The minimum absolute atomic E-state index is 0.157. The molecule has 0 aliphatic carbocycles. The molecule has 7 heteroatoms. The van der Waals surface area contributed by atoms with Gasteiger partial charge in [0.2, 0.25) is 0 Å². The molecule has 0 spiro atoms. The number of alkyl halides is 3. The number of carbonyl (C=O) groups is 1. The highest BCUT2D eigenvalue weighted by Crippen LogP contribution is 2.32. The minimum atomic E-state index is -4.46.